The van der Waals surface area contributed by atoms with Crippen LogP contribution in [0, 0.1) is 0 Å². The Morgan fingerprint density at radius 2 is 1.70 bits per heavy atom. The largest absolute Gasteiger partial charge is 0.497 e. The number of ether oxygens (including phenoxy) is 2. The SMILES string of the molecule is CNc1nc(-c2cccc(NC(=O)Nc3cc(OC)cc(OC)c3)c2)cs1. The zero-order valence-electron chi connectivity index (χ0n) is 15.2. The van der Waals surface area contributed by atoms with Crippen LogP contribution in [0.2, 0.25) is 0 Å². The molecule has 7 nitrogen and oxygen atoms in total. The number of carbonyl (C=O) groups excluding carboxylic acids is 1. The highest BCUT2D eigenvalue weighted by molar-refractivity contribution is 7.14. The van der Waals surface area contributed by atoms with E-state index >= 15 is 0 Å². The predicted molar refractivity (Wildman–Crippen MR) is 109 cm³/mol. The number of carbonyl (C=O) groups is 1. The van der Waals surface area contributed by atoms with Crippen molar-refractivity contribution >= 4 is 33.9 Å². The first-order chi connectivity index (χ1) is 13.1. The maximum Gasteiger partial charge on any atom is 0.323 e. The Kier molecular flexibility index (Phi) is 5.77. The molecule has 0 fully saturated rings. The molecule has 2 amide bonds. The Hall–Kier alpha value is -3.26. The lowest BCUT2D eigenvalue weighted by molar-refractivity contribution is 0.262. The van der Waals surface area contributed by atoms with Gasteiger partial charge in [-0.25, -0.2) is 9.78 Å². The van der Waals surface area contributed by atoms with Crippen molar-refractivity contribution in [2.75, 3.05) is 37.2 Å². The van der Waals surface area contributed by atoms with Gasteiger partial charge in [-0.2, -0.15) is 0 Å². The van der Waals surface area contributed by atoms with Crippen LogP contribution in [-0.4, -0.2) is 32.3 Å². The quantitative estimate of drug-likeness (QED) is 0.582. The van der Waals surface area contributed by atoms with Gasteiger partial charge in [0.1, 0.15) is 11.5 Å². The molecule has 140 valence electrons. The van der Waals surface area contributed by atoms with Crippen molar-refractivity contribution < 1.29 is 14.3 Å². The standard InChI is InChI=1S/C19H20N4O3S/c1-20-19-23-17(11-27-19)12-5-4-6-13(7-12)21-18(24)22-14-8-15(25-2)10-16(9-14)26-3/h4-11H,1-3H3,(H,20,23)(H2,21,22,24). The summed E-state index contributed by atoms with van der Waals surface area (Å²) in [5.74, 6) is 1.19. The van der Waals surface area contributed by atoms with E-state index in [-0.39, 0.29) is 6.03 Å². The van der Waals surface area contributed by atoms with Gasteiger partial charge in [0.05, 0.1) is 19.9 Å². The molecule has 1 heterocycles. The third kappa shape index (κ3) is 4.68. The number of thiazole rings is 1. The summed E-state index contributed by atoms with van der Waals surface area (Å²) in [6.07, 6.45) is 0. The number of hydrogen-bond acceptors (Lipinski definition) is 6. The van der Waals surface area contributed by atoms with Crippen LogP contribution in [0.25, 0.3) is 11.3 Å². The van der Waals surface area contributed by atoms with E-state index < -0.39 is 0 Å². The smallest absolute Gasteiger partial charge is 0.323 e. The van der Waals surface area contributed by atoms with Gasteiger partial charge >= 0.3 is 6.03 Å². The highest BCUT2D eigenvalue weighted by Gasteiger charge is 2.08. The van der Waals surface area contributed by atoms with Crippen molar-refractivity contribution in [3.63, 3.8) is 0 Å². The van der Waals surface area contributed by atoms with Crippen molar-refractivity contribution in [2.24, 2.45) is 0 Å². The van der Waals surface area contributed by atoms with Crippen LogP contribution < -0.4 is 25.4 Å². The van der Waals surface area contributed by atoms with Crippen LogP contribution in [0.3, 0.4) is 0 Å². The van der Waals surface area contributed by atoms with Gasteiger partial charge in [-0.05, 0) is 12.1 Å². The predicted octanol–water partition coefficient (Wildman–Crippen LogP) is 4.51. The number of hydrogen-bond donors (Lipinski definition) is 3. The lowest BCUT2D eigenvalue weighted by atomic mass is 10.1. The van der Waals surface area contributed by atoms with E-state index in [0.717, 1.165) is 16.4 Å². The topological polar surface area (TPSA) is 84.5 Å². The van der Waals surface area contributed by atoms with Crippen molar-refractivity contribution in [2.45, 2.75) is 0 Å². The van der Waals surface area contributed by atoms with Gasteiger partial charge < -0.3 is 25.4 Å². The molecule has 3 rings (SSSR count). The minimum Gasteiger partial charge on any atom is -0.497 e. The highest BCUT2D eigenvalue weighted by Crippen LogP contribution is 2.28. The molecule has 0 unspecified atom stereocenters. The molecule has 1 aromatic heterocycles. The molecule has 3 aromatic rings. The molecule has 0 aliphatic rings. The number of urea groups is 1. The molecule has 0 radical (unpaired) electrons. The molecule has 27 heavy (non-hydrogen) atoms. The number of rotatable bonds is 6. The van der Waals surface area contributed by atoms with Gasteiger partial charge in [-0.15, -0.1) is 11.3 Å². The summed E-state index contributed by atoms with van der Waals surface area (Å²) in [5, 5.41) is 11.4. The van der Waals surface area contributed by atoms with Crippen molar-refractivity contribution in [1.82, 2.24) is 4.98 Å². The molecular formula is C19H20N4O3S. The molecule has 0 saturated heterocycles. The van der Waals surface area contributed by atoms with E-state index in [0.29, 0.717) is 22.9 Å². The Labute approximate surface area is 161 Å². The summed E-state index contributed by atoms with van der Waals surface area (Å²) < 4.78 is 10.4. The van der Waals surface area contributed by atoms with Gasteiger partial charge in [0.15, 0.2) is 5.13 Å². The maximum absolute atomic E-state index is 12.4. The second kappa shape index (κ2) is 8.41. The van der Waals surface area contributed by atoms with E-state index in [1.807, 2.05) is 36.7 Å². The number of amides is 2. The Morgan fingerprint density at radius 3 is 2.33 bits per heavy atom. The average Bonchev–Trinajstić information content (AvgIpc) is 3.17. The minimum absolute atomic E-state index is 0.364. The zero-order valence-corrected chi connectivity index (χ0v) is 16.0. The maximum atomic E-state index is 12.4. The van der Waals surface area contributed by atoms with Crippen LogP contribution in [-0.2, 0) is 0 Å². The number of benzene rings is 2. The average molecular weight is 384 g/mol. The normalized spacial score (nSPS) is 10.2. The lowest BCUT2D eigenvalue weighted by Gasteiger charge is -2.11. The molecule has 2 aromatic carbocycles. The van der Waals surface area contributed by atoms with Crippen LogP contribution in [0.15, 0.2) is 47.8 Å². The monoisotopic (exact) mass is 384 g/mol. The first-order valence-corrected chi connectivity index (χ1v) is 9.04. The molecule has 0 spiro atoms. The first kappa shape index (κ1) is 18.5. The van der Waals surface area contributed by atoms with Crippen molar-refractivity contribution in [3.05, 3.63) is 47.8 Å². The summed E-state index contributed by atoms with van der Waals surface area (Å²) in [7, 11) is 4.95. The lowest BCUT2D eigenvalue weighted by Crippen LogP contribution is -2.19. The summed E-state index contributed by atoms with van der Waals surface area (Å²) in [6.45, 7) is 0. The molecule has 0 aliphatic carbocycles. The summed E-state index contributed by atoms with van der Waals surface area (Å²) in [5.41, 5.74) is 3.01. The van der Waals surface area contributed by atoms with Gasteiger partial charge in [0.25, 0.3) is 0 Å². The summed E-state index contributed by atoms with van der Waals surface area (Å²) in [4.78, 5) is 16.8. The summed E-state index contributed by atoms with van der Waals surface area (Å²) in [6, 6.07) is 12.3. The Bertz CT molecular complexity index is 920. The number of aromatic nitrogens is 1. The third-order valence-electron chi connectivity index (χ3n) is 3.74. The van der Waals surface area contributed by atoms with Gasteiger partial charge in [-0.3, -0.25) is 0 Å². The molecule has 0 atom stereocenters. The Morgan fingerprint density at radius 1 is 1.00 bits per heavy atom. The fraction of sp³-hybridized carbons (Fsp3) is 0.158. The number of anilines is 3. The summed E-state index contributed by atoms with van der Waals surface area (Å²) >= 11 is 1.53. The molecular weight excluding hydrogens is 364 g/mol. The number of methoxy groups -OCH3 is 2. The van der Waals surface area contributed by atoms with E-state index in [9.17, 15) is 4.79 Å². The minimum atomic E-state index is -0.364. The third-order valence-corrected chi connectivity index (χ3v) is 4.60. The van der Waals surface area contributed by atoms with Crippen LogP contribution >= 0.6 is 11.3 Å². The van der Waals surface area contributed by atoms with Crippen molar-refractivity contribution in [1.29, 1.82) is 0 Å². The van der Waals surface area contributed by atoms with Gasteiger partial charge in [0.2, 0.25) is 0 Å². The van der Waals surface area contributed by atoms with E-state index in [1.165, 1.54) is 11.3 Å². The fourth-order valence-corrected chi connectivity index (χ4v) is 3.13. The fourth-order valence-electron chi connectivity index (χ4n) is 2.45. The van der Waals surface area contributed by atoms with Gasteiger partial charge in [0, 0.05) is 47.6 Å². The second-order valence-electron chi connectivity index (χ2n) is 5.55. The molecule has 0 saturated carbocycles. The molecule has 8 heteroatoms. The second-order valence-corrected chi connectivity index (χ2v) is 6.41. The van der Waals surface area contributed by atoms with E-state index in [1.54, 1.807) is 32.4 Å². The zero-order chi connectivity index (χ0) is 19.2. The van der Waals surface area contributed by atoms with E-state index in [4.69, 9.17) is 9.47 Å². The molecule has 0 aliphatic heterocycles. The number of nitrogens with zero attached hydrogens (tertiary/aromatic N) is 1. The van der Waals surface area contributed by atoms with Crippen LogP contribution in [0.4, 0.5) is 21.3 Å². The molecule has 3 N–H and O–H groups in total. The highest BCUT2D eigenvalue weighted by atomic mass is 32.1. The van der Waals surface area contributed by atoms with E-state index in [2.05, 4.69) is 20.9 Å². The Balaban J connectivity index is 1.72. The van der Waals surface area contributed by atoms with Crippen LogP contribution in [0.1, 0.15) is 0 Å². The number of nitrogens with one attached hydrogen (secondary N) is 3. The molecule has 0 bridgehead atoms. The van der Waals surface area contributed by atoms with Gasteiger partial charge in [-0.1, -0.05) is 12.1 Å². The van der Waals surface area contributed by atoms with Crippen LogP contribution in [0.5, 0.6) is 11.5 Å². The first-order valence-electron chi connectivity index (χ1n) is 8.16. The van der Waals surface area contributed by atoms with Crippen molar-refractivity contribution in [3.8, 4) is 22.8 Å².